The number of nitrogens with zero attached hydrogens (tertiary/aromatic N) is 1. The molecule has 0 saturated heterocycles. The zero-order valence-electron chi connectivity index (χ0n) is 11.4. The Bertz CT molecular complexity index is 704. The number of thiophene rings is 1. The minimum atomic E-state index is -0.0483. The molecule has 106 valence electrons. The molecule has 0 radical (unpaired) electrons. The number of aromatic amines is 1. The van der Waals surface area contributed by atoms with Crippen LogP contribution in [0.5, 0.6) is 0 Å². The van der Waals surface area contributed by atoms with Gasteiger partial charge in [0, 0.05) is 24.2 Å². The molecule has 4 nitrogen and oxygen atoms in total. The summed E-state index contributed by atoms with van der Waals surface area (Å²) < 4.78 is 0. The van der Waals surface area contributed by atoms with Crippen LogP contribution in [0.25, 0.3) is 10.6 Å². The highest BCUT2D eigenvalue weighted by Gasteiger charge is 2.10. The number of H-pyrrole nitrogens is 1. The van der Waals surface area contributed by atoms with Crippen molar-refractivity contribution in [1.82, 2.24) is 15.3 Å². The van der Waals surface area contributed by atoms with E-state index in [1.54, 1.807) is 17.7 Å². The maximum absolute atomic E-state index is 12.0. The van der Waals surface area contributed by atoms with Crippen LogP contribution in [0.1, 0.15) is 16.1 Å². The molecule has 0 atom stereocenters. The molecule has 0 aliphatic heterocycles. The van der Waals surface area contributed by atoms with Crippen LogP contribution >= 0.6 is 11.3 Å². The number of rotatable bonds is 5. The van der Waals surface area contributed by atoms with Crippen LogP contribution in [0.4, 0.5) is 0 Å². The van der Waals surface area contributed by atoms with Crippen molar-refractivity contribution < 1.29 is 4.79 Å². The van der Waals surface area contributed by atoms with Crippen molar-refractivity contribution in [3.05, 3.63) is 65.4 Å². The quantitative estimate of drug-likeness (QED) is 0.760. The number of hydrogen-bond acceptors (Lipinski definition) is 3. The van der Waals surface area contributed by atoms with Gasteiger partial charge < -0.3 is 10.3 Å². The number of amides is 1. The van der Waals surface area contributed by atoms with Gasteiger partial charge in [0.25, 0.3) is 5.91 Å². The van der Waals surface area contributed by atoms with Gasteiger partial charge in [0.05, 0.1) is 11.2 Å². The molecular formula is C16H15N3OS. The zero-order valence-corrected chi connectivity index (χ0v) is 12.2. The molecule has 0 fully saturated rings. The van der Waals surface area contributed by atoms with E-state index in [-0.39, 0.29) is 5.91 Å². The first kappa shape index (κ1) is 13.6. The number of nitrogens with one attached hydrogen (secondary N) is 2. The highest BCUT2D eigenvalue weighted by molar-refractivity contribution is 7.13. The van der Waals surface area contributed by atoms with Crippen LogP contribution in [0.2, 0.25) is 0 Å². The molecular weight excluding hydrogens is 282 g/mol. The third-order valence-electron chi connectivity index (χ3n) is 3.17. The molecule has 3 aromatic rings. The molecule has 1 amide bonds. The van der Waals surface area contributed by atoms with Crippen LogP contribution in [0.15, 0.2) is 54.2 Å². The summed E-state index contributed by atoms with van der Waals surface area (Å²) in [6.45, 7) is 0.578. The molecule has 0 bridgehead atoms. The number of aromatic nitrogens is 2. The van der Waals surface area contributed by atoms with E-state index < -0.39 is 0 Å². The largest absolute Gasteiger partial charge is 0.352 e. The van der Waals surface area contributed by atoms with Crippen LogP contribution in [-0.4, -0.2) is 22.4 Å². The van der Waals surface area contributed by atoms with Crippen LogP contribution in [0.3, 0.4) is 0 Å². The van der Waals surface area contributed by atoms with E-state index in [2.05, 4.69) is 15.3 Å². The molecule has 2 heterocycles. The summed E-state index contributed by atoms with van der Waals surface area (Å²) in [5.41, 5.74) is 2.70. The molecule has 1 aromatic carbocycles. The normalized spacial score (nSPS) is 10.5. The van der Waals surface area contributed by atoms with E-state index in [9.17, 15) is 4.79 Å². The topological polar surface area (TPSA) is 57.8 Å². The van der Waals surface area contributed by atoms with Gasteiger partial charge in [-0.1, -0.05) is 24.3 Å². The van der Waals surface area contributed by atoms with E-state index in [0.717, 1.165) is 22.7 Å². The third-order valence-corrected chi connectivity index (χ3v) is 4.05. The second-order valence-corrected chi connectivity index (χ2v) is 5.53. The highest BCUT2D eigenvalue weighted by Crippen LogP contribution is 2.25. The van der Waals surface area contributed by atoms with Crippen molar-refractivity contribution in [3.63, 3.8) is 0 Å². The number of imidazole rings is 1. The Labute approximate surface area is 126 Å². The van der Waals surface area contributed by atoms with Gasteiger partial charge in [-0.05, 0) is 23.6 Å². The Morgan fingerprint density at radius 1 is 1.19 bits per heavy atom. The number of benzene rings is 1. The first-order chi connectivity index (χ1) is 10.3. The van der Waals surface area contributed by atoms with Crippen LogP contribution in [0, 0.1) is 0 Å². The highest BCUT2D eigenvalue weighted by atomic mass is 32.1. The van der Waals surface area contributed by atoms with Crippen LogP contribution < -0.4 is 5.32 Å². The van der Waals surface area contributed by atoms with Gasteiger partial charge in [-0.3, -0.25) is 4.79 Å². The maximum atomic E-state index is 12.0. The van der Waals surface area contributed by atoms with E-state index in [1.165, 1.54) is 0 Å². The Balaban J connectivity index is 1.59. The molecule has 0 aliphatic rings. The second-order valence-electron chi connectivity index (χ2n) is 4.58. The molecule has 5 heteroatoms. The van der Waals surface area contributed by atoms with Gasteiger partial charge in [-0.2, -0.15) is 0 Å². The van der Waals surface area contributed by atoms with Crippen molar-refractivity contribution in [1.29, 1.82) is 0 Å². The van der Waals surface area contributed by atoms with Crippen molar-refractivity contribution in [2.24, 2.45) is 0 Å². The fraction of sp³-hybridized carbons (Fsp3) is 0.125. The first-order valence-electron chi connectivity index (χ1n) is 6.74. The monoisotopic (exact) mass is 297 g/mol. The smallest absolute Gasteiger partial charge is 0.251 e. The Morgan fingerprint density at radius 2 is 2.05 bits per heavy atom. The molecule has 2 aromatic heterocycles. The molecule has 21 heavy (non-hydrogen) atoms. The van der Waals surface area contributed by atoms with E-state index >= 15 is 0 Å². The van der Waals surface area contributed by atoms with Gasteiger partial charge in [0.1, 0.15) is 5.69 Å². The molecule has 2 N–H and O–H groups in total. The van der Waals surface area contributed by atoms with E-state index in [4.69, 9.17) is 0 Å². The Hall–Kier alpha value is -2.40. The summed E-state index contributed by atoms with van der Waals surface area (Å²) >= 11 is 1.66. The van der Waals surface area contributed by atoms with Gasteiger partial charge in [-0.15, -0.1) is 11.3 Å². The van der Waals surface area contributed by atoms with E-state index in [0.29, 0.717) is 12.1 Å². The van der Waals surface area contributed by atoms with Crippen molar-refractivity contribution in [3.8, 4) is 10.6 Å². The third kappa shape index (κ3) is 3.20. The fourth-order valence-electron chi connectivity index (χ4n) is 2.13. The number of hydrogen-bond donors (Lipinski definition) is 2. The van der Waals surface area contributed by atoms with Crippen LogP contribution in [-0.2, 0) is 6.42 Å². The SMILES string of the molecule is O=C(NCCc1[nH]cnc1-c1cccs1)c1ccccc1. The predicted molar refractivity (Wildman–Crippen MR) is 84.4 cm³/mol. The average molecular weight is 297 g/mol. The number of carbonyl (C=O) groups is 1. The standard InChI is InChI=1S/C16H15N3OS/c20-16(12-5-2-1-3-6-12)17-9-8-13-15(19-11-18-13)14-7-4-10-21-14/h1-7,10-11H,8-9H2,(H,17,20)(H,18,19). The average Bonchev–Trinajstić information content (AvgIpc) is 3.18. The molecule has 0 aliphatic carbocycles. The lowest BCUT2D eigenvalue weighted by Gasteiger charge is -2.05. The summed E-state index contributed by atoms with van der Waals surface area (Å²) in [7, 11) is 0. The maximum Gasteiger partial charge on any atom is 0.251 e. The summed E-state index contributed by atoms with van der Waals surface area (Å²) in [4.78, 5) is 20.6. The Kier molecular flexibility index (Phi) is 4.12. The molecule has 3 rings (SSSR count). The molecule has 0 saturated carbocycles. The summed E-state index contributed by atoms with van der Waals surface area (Å²) in [5, 5.41) is 4.96. The van der Waals surface area contributed by atoms with E-state index in [1.807, 2.05) is 47.8 Å². The Morgan fingerprint density at radius 3 is 2.81 bits per heavy atom. The van der Waals surface area contributed by atoms with Gasteiger partial charge in [0.2, 0.25) is 0 Å². The van der Waals surface area contributed by atoms with Gasteiger partial charge >= 0.3 is 0 Å². The lowest BCUT2D eigenvalue weighted by Crippen LogP contribution is -2.25. The minimum absolute atomic E-state index is 0.0483. The van der Waals surface area contributed by atoms with Crippen molar-refractivity contribution in [2.75, 3.05) is 6.54 Å². The second kappa shape index (κ2) is 6.37. The van der Waals surface area contributed by atoms with Crippen molar-refractivity contribution in [2.45, 2.75) is 6.42 Å². The minimum Gasteiger partial charge on any atom is -0.352 e. The molecule has 0 unspecified atom stereocenters. The summed E-state index contributed by atoms with van der Waals surface area (Å²) in [6, 6.07) is 13.3. The first-order valence-corrected chi connectivity index (χ1v) is 7.62. The lowest BCUT2D eigenvalue weighted by molar-refractivity contribution is 0.0954. The van der Waals surface area contributed by atoms with Gasteiger partial charge in [-0.25, -0.2) is 4.98 Å². The fourth-order valence-corrected chi connectivity index (χ4v) is 2.88. The summed E-state index contributed by atoms with van der Waals surface area (Å²) in [5.74, 6) is -0.0483. The molecule has 0 spiro atoms. The summed E-state index contributed by atoms with van der Waals surface area (Å²) in [6.07, 6.45) is 2.43. The van der Waals surface area contributed by atoms with Crippen molar-refractivity contribution >= 4 is 17.2 Å². The lowest BCUT2D eigenvalue weighted by atomic mass is 10.2. The van der Waals surface area contributed by atoms with Gasteiger partial charge in [0.15, 0.2) is 0 Å². The predicted octanol–water partition coefficient (Wildman–Crippen LogP) is 3.11. The zero-order chi connectivity index (χ0) is 14.5. The number of carbonyl (C=O) groups excluding carboxylic acids is 1.